The predicted molar refractivity (Wildman–Crippen MR) is 63.0 cm³/mol. The van der Waals surface area contributed by atoms with E-state index in [0.29, 0.717) is 17.7 Å². The number of alkyl halides is 2. The fraction of sp³-hybridized carbons (Fsp3) is 0.462. The molecule has 1 fully saturated rings. The van der Waals surface area contributed by atoms with Gasteiger partial charge in [0.2, 0.25) is 0 Å². The topological polar surface area (TPSA) is 38.3 Å². The van der Waals surface area contributed by atoms with E-state index < -0.39 is 17.8 Å². The van der Waals surface area contributed by atoms with Crippen molar-refractivity contribution < 1.29 is 18.3 Å². The van der Waals surface area contributed by atoms with Crippen molar-refractivity contribution in [2.45, 2.75) is 18.3 Å². The quantitative estimate of drug-likeness (QED) is 0.823. The van der Waals surface area contributed by atoms with Gasteiger partial charge in [0.05, 0.1) is 18.6 Å². The summed E-state index contributed by atoms with van der Waals surface area (Å²) in [7, 11) is 1.29. The minimum Gasteiger partial charge on any atom is -0.465 e. The van der Waals surface area contributed by atoms with Crippen LogP contribution >= 0.6 is 0 Å². The number of hydrogen-bond acceptors (Lipinski definition) is 3. The van der Waals surface area contributed by atoms with Crippen LogP contribution in [-0.2, 0) is 4.74 Å². The maximum atomic E-state index is 13.7. The molecule has 0 bridgehead atoms. The molecule has 18 heavy (non-hydrogen) atoms. The number of esters is 1. The Morgan fingerprint density at radius 3 is 2.61 bits per heavy atom. The van der Waals surface area contributed by atoms with Gasteiger partial charge in [-0.1, -0.05) is 12.1 Å². The van der Waals surface area contributed by atoms with E-state index in [1.165, 1.54) is 19.2 Å². The van der Waals surface area contributed by atoms with E-state index in [4.69, 9.17) is 0 Å². The molecule has 1 aromatic carbocycles. The van der Waals surface area contributed by atoms with Crippen molar-refractivity contribution in [2.24, 2.45) is 0 Å². The van der Waals surface area contributed by atoms with Crippen molar-refractivity contribution in [3.05, 3.63) is 35.4 Å². The SMILES string of the molecule is COC(=O)c1ccc([C@@H]2CNCCC2(F)F)cc1. The number of rotatable bonds is 2. The number of methoxy groups -OCH3 is 1. The summed E-state index contributed by atoms with van der Waals surface area (Å²) >= 11 is 0. The van der Waals surface area contributed by atoms with Gasteiger partial charge in [-0.05, 0) is 17.7 Å². The normalized spacial score (nSPS) is 22.5. The highest BCUT2D eigenvalue weighted by Crippen LogP contribution is 2.37. The van der Waals surface area contributed by atoms with Gasteiger partial charge in [-0.25, -0.2) is 13.6 Å². The van der Waals surface area contributed by atoms with Crippen LogP contribution in [0.15, 0.2) is 24.3 Å². The Hall–Kier alpha value is -1.49. The maximum absolute atomic E-state index is 13.7. The van der Waals surface area contributed by atoms with Crippen LogP contribution in [0.25, 0.3) is 0 Å². The third kappa shape index (κ3) is 2.51. The van der Waals surface area contributed by atoms with Crippen molar-refractivity contribution >= 4 is 5.97 Å². The van der Waals surface area contributed by atoms with Gasteiger partial charge in [-0.3, -0.25) is 0 Å². The molecular formula is C13H15F2NO2. The molecule has 2 rings (SSSR count). The van der Waals surface area contributed by atoms with Gasteiger partial charge in [0, 0.05) is 19.5 Å². The lowest BCUT2D eigenvalue weighted by Gasteiger charge is -2.32. The molecule has 0 saturated carbocycles. The number of carbonyl (C=O) groups excluding carboxylic acids is 1. The zero-order valence-electron chi connectivity index (χ0n) is 10.1. The van der Waals surface area contributed by atoms with E-state index in [9.17, 15) is 13.6 Å². The number of nitrogens with one attached hydrogen (secondary N) is 1. The molecule has 1 saturated heterocycles. The van der Waals surface area contributed by atoms with Gasteiger partial charge >= 0.3 is 5.97 Å². The molecule has 1 heterocycles. The molecule has 0 radical (unpaired) electrons. The summed E-state index contributed by atoms with van der Waals surface area (Å²) in [5.74, 6) is -3.99. The zero-order chi connectivity index (χ0) is 13.2. The monoisotopic (exact) mass is 255 g/mol. The Kier molecular flexibility index (Phi) is 3.61. The summed E-state index contributed by atoms with van der Waals surface area (Å²) in [5.41, 5.74) is 0.910. The number of carbonyl (C=O) groups is 1. The lowest BCUT2D eigenvalue weighted by molar-refractivity contribution is -0.0479. The first-order valence-corrected chi connectivity index (χ1v) is 5.81. The molecule has 98 valence electrons. The summed E-state index contributed by atoms with van der Waals surface area (Å²) in [6.07, 6.45) is -0.156. The fourth-order valence-corrected chi connectivity index (χ4v) is 2.16. The van der Waals surface area contributed by atoms with Crippen molar-refractivity contribution in [1.82, 2.24) is 5.32 Å². The van der Waals surface area contributed by atoms with Gasteiger partial charge in [0.15, 0.2) is 0 Å². The molecule has 0 spiro atoms. The first-order chi connectivity index (χ1) is 8.54. The molecule has 0 aliphatic carbocycles. The number of hydrogen-bond donors (Lipinski definition) is 1. The van der Waals surface area contributed by atoms with Crippen LogP contribution in [0.3, 0.4) is 0 Å². The minimum absolute atomic E-state index is 0.156. The van der Waals surface area contributed by atoms with E-state index in [1.807, 2.05) is 0 Å². The Labute approximate surface area is 104 Å². The fourth-order valence-electron chi connectivity index (χ4n) is 2.16. The highest BCUT2D eigenvalue weighted by atomic mass is 19.3. The second-order valence-electron chi connectivity index (χ2n) is 4.38. The van der Waals surface area contributed by atoms with Crippen LogP contribution < -0.4 is 5.32 Å². The van der Waals surface area contributed by atoms with Crippen LogP contribution in [0.5, 0.6) is 0 Å². The molecule has 3 nitrogen and oxygen atoms in total. The van der Waals surface area contributed by atoms with Crippen LogP contribution in [0.4, 0.5) is 8.78 Å². The Bertz CT molecular complexity index is 431. The lowest BCUT2D eigenvalue weighted by atomic mass is 9.87. The Morgan fingerprint density at radius 1 is 1.39 bits per heavy atom. The maximum Gasteiger partial charge on any atom is 0.337 e. The molecule has 1 aromatic rings. The van der Waals surface area contributed by atoms with Crippen LogP contribution in [0.2, 0.25) is 0 Å². The van der Waals surface area contributed by atoms with E-state index in [1.54, 1.807) is 12.1 Å². The van der Waals surface area contributed by atoms with Gasteiger partial charge in [0.1, 0.15) is 0 Å². The second-order valence-corrected chi connectivity index (χ2v) is 4.38. The minimum atomic E-state index is -2.70. The van der Waals surface area contributed by atoms with Crippen LogP contribution in [0, 0.1) is 0 Å². The predicted octanol–water partition coefficient (Wildman–Crippen LogP) is 2.19. The first-order valence-electron chi connectivity index (χ1n) is 5.81. The molecule has 0 aromatic heterocycles. The van der Waals surface area contributed by atoms with Crippen LogP contribution in [0.1, 0.15) is 28.3 Å². The molecule has 1 aliphatic heterocycles. The number of ether oxygens (including phenoxy) is 1. The summed E-state index contributed by atoms with van der Waals surface area (Å²) in [6.45, 7) is 0.592. The van der Waals surface area contributed by atoms with E-state index >= 15 is 0 Å². The standard InChI is InChI=1S/C13H15F2NO2/c1-18-12(17)10-4-2-9(3-5-10)11-8-16-7-6-13(11,14)15/h2-5,11,16H,6-8H2,1H3/t11-/m0/s1. The highest BCUT2D eigenvalue weighted by molar-refractivity contribution is 5.89. The third-order valence-electron chi connectivity index (χ3n) is 3.23. The number of halogens is 2. The average molecular weight is 255 g/mol. The molecule has 1 aliphatic rings. The molecular weight excluding hydrogens is 240 g/mol. The van der Waals surface area contributed by atoms with E-state index in [0.717, 1.165) is 0 Å². The van der Waals surface area contributed by atoms with Gasteiger partial charge in [0.25, 0.3) is 5.92 Å². The second kappa shape index (κ2) is 5.02. The first kappa shape index (κ1) is 13.0. The molecule has 0 amide bonds. The summed E-state index contributed by atoms with van der Waals surface area (Å²) in [5, 5.41) is 2.97. The zero-order valence-corrected chi connectivity index (χ0v) is 10.1. The summed E-state index contributed by atoms with van der Waals surface area (Å²) in [4.78, 5) is 11.2. The van der Waals surface area contributed by atoms with Crippen molar-refractivity contribution in [3.63, 3.8) is 0 Å². The smallest absolute Gasteiger partial charge is 0.337 e. The molecule has 5 heteroatoms. The summed E-state index contributed by atoms with van der Waals surface area (Å²) in [6, 6.07) is 6.17. The van der Waals surface area contributed by atoms with Crippen molar-refractivity contribution in [3.8, 4) is 0 Å². The van der Waals surface area contributed by atoms with E-state index in [2.05, 4.69) is 10.1 Å². The van der Waals surface area contributed by atoms with Gasteiger partial charge in [-0.2, -0.15) is 0 Å². The third-order valence-corrected chi connectivity index (χ3v) is 3.23. The van der Waals surface area contributed by atoms with Crippen molar-refractivity contribution in [1.29, 1.82) is 0 Å². The van der Waals surface area contributed by atoms with Gasteiger partial charge < -0.3 is 10.1 Å². The lowest BCUT2D eigenvalue weighted by Crippen LogP contribution is -2.42. The van der Waals surface area contributed by atoms with Crippen LogP contribution in [-0.4, -0.2) is 32.1 Å². The molecule has 1 atom stereocenters. The number of piperidine rings is 1. The Balaban J connectivity index is 2.21. The Morgan fingerprint density at radius 2 is 2.06 bits per heavy atom. The van der Waals surface area contributed by atoms with Gasteiger partial charge in [-0.15, -0.1) is 0 Å². The van der Waals surface area contributed by atoms with Crippen molar-refractivity contribution in [2.75, 3.05) is 20.2 Å². The van der Waals surface area contributed by atoms with E-state index in [-0.39, 0.29) is 13.0 Å². The average Bonchev–Trinajstić information content (AvgIpc) is 2.37. The number of benzene rings is 1. The highest BCUT2D eigenvalue weighted by Gasteiger charge is 2.42. The largest absolute Gasteiger partial charge is 0.465 e. The summed E-state index contributed by atoms with van der Waals surface area (Å²) < 4.78 is 32.1. The molecule has 1 N–H and O–H groups in total. The molecule has 0 unspecified atom stereocenters.